The average Bonchev–Trinajstić information content (AvgIpc) is 3.70. The van der Waals surface area contributed by atoms with E-state index in [1.54, 1.807) is 26.4 Å². The van der Waals surface area contributed by atoms with Crippen LogP contribution in [0.5, 0.6) is 11.5 Å². The van der Waals surface area contributed by atoms with Crippen molar-refractivity contribution >= 4 is 18.3 Å². The number of ether oxygens (including phenoxy) is 2. The second-order valence-electron chi connectivity index (χ2n) is 14.2. The van der Waals surface area contributed by atoms with Crippen molar-refractivity contribution in [1.82, 2.24) is 10.2 Å². The van der Waals surface area contributed by atoms with Crippen LogP contribution in [0.4, 0.5) is 4.39 Å². The van der Waals surface area contributed by atoms with Gasteiger partial charge in [0.2, 0.25) is 5.91 Å². The Morgan fingerprint density at radius 1 is 0.843 bits per heavy atom. The summed E-state index contributed by atoms with van der Waals surface area (Å²) in [7, 11) is 3.46. The molecule has 1 saturated carbocycles. The molecule has 0 aromatic heterocycles. The van der Waals surface area contributed by atoms with Crippen LogP contribution >= 0.6 is 12.4 Å². The summed E-state index contributed by atoms with van der Waals surface area (Å²) in [5.74, 6) is 2.09. The first-order valence-corrected chi connectivity index (χ1v) is 18.6. The van der Waals surface area contributed by atoms with E-state index in [0.29, 0.717) is 31.3 Å². The summed E-state index contributed by atoms with van der Waals surface area (Å²) < 4.78 is 24.8. The number of methoxy groups -OCH3 is 2. The van der Waals surface area contributed by atoms with Gasteiger partial charge in [-0.15, -0.1) is 12.4 Å². The summed E-state index contributed by atoms with van der Waals surface area (Å²) in [5.41, 5.74) is 6.30. The van der Waals surface area contributed by atoms with Crippen molar-refractivity contribution in [3.05, 3.63) is 131 Å². The van der Waals surface area contributed by atoms with E-state index in [2.05, 4.69) is 83.0 Å². The molecule has 7 heteroatoms. The fourth-order valence-corrected chi connectivity index (χ4v) is 8.69. The first kappa shape index (κ1) is 38.4. The van der Waals surface area contributed by atoms with Crippen molar-refractivity contribution < 1.29 is 18.7 Å². The van der Waals surface area contributed by atoms with Gasteiger partial charge in [-0.05, 0) is 116 Å². The fourth-order valence-electron chi connectivity index (χ4n) is 8.69. The number of fused-ring (bicyclic) bond motifs is 1. The molecule has 6 rings (SSSR count). The summed E-state index contributed by atoms with van der Waals surface area (Å²) in [6, 6.07) is 33.2. The van der Waals surface area contributed by atoms with Gasteiger partial charge in [-0.2, -0.15) is 0 Å². The van der Waals surface area contributed by atoms with Crippen LogP contribution in [0, 0.1) is 11.7 Å². The fraction of sp³-hybridized carbons (Fsp3) is 0.432. The molecule has 5 nitrogen and oxygen atoms in total. The second-order valence-corrected chi connectivity index (χ2v) is 14.2. The Kier molecular flexibility index (Phi) is 14.0. The number of nitrogens with one attached hydrogen (secondary N) is 1. The Morgan fingerprint density at radius 2 is 1.45 bits per heavy atom. The maximum atomic E-state index is 13.3. The molecular formula is C44H54ClFN2O3. The van der Waals surface area contributed by atoms with Crippen molar-refractivity contribution in [3.63, 3.8) is 0 Å². The van der Waals surface area contributed by atoms with Crippen molar-refractivity contribution in [3.8, 4) is 11.5 Å². The summed E-state index contributed by atoms with van der Waals surface area (Å²) >= 11 is 0. The van der Waals surface area contributed by atoms with Gasteiger partial charge in [0.05, 0.1) is 14.2 Å². The number of nitrogens with zero attached hydrogens (tertiary/aromatic N) is 1. The number of halogens is 2. The molecule has 272 valence electrons. The highest BCUT2D eigenvalue weighted by Crippen LogP contribution is 2.47. The van der Waals surface area contributed by atoms with Gasteiger partial charge in [-0.1, -0.05) is 85.6 Å². The van der Waals surface area contributed by atoms with E-state index < -0.39 is 0 Å². The third kappa shape index (κ3) is 9.33. The lowest BCUT2D eigenvalue weighted by atomic mass is 9.68. The number of hydrogen-bond donors (Lipinski definition) is 1. The third-order valence-electron chi connectivity index (χ3n) is 11.2. The van der Waals surface area contributed by atoms with Gasteiger partial charge in [0, 0.05) is 31.0 Å². The zero-order valence-electron chi connectivity index (χ0n) is 30.2. The number of hydrogen-bond acceptors (Lipinski definition) is 4. The van der Waals surface area contributed by atoms with E-state index in [9.17, 15) is 9.18 Å². The first-order valence-electron chi connectivity index (χ1n) is 18.6. The molecule has 51 heavy (non-hydrogen) atoms. The zero-order valence-corrected chi connectivity index (χ0v) is 31.1. The van der Waals surface area contributed by atoms with Crippen molar-refractivity contribution in [2.75, 3.05) is 33.9 Å². The van der Waals surface area contributed by atoms with Crippen molar-refractivity contribution in [2.24, 2.45) is 5.92 Å². The molecule has 1 aliphatic heterocycles. The van der Waals surface area contributed by atoms with E-state index in [-0.39, 0.29) is 29.5 Å². The Hall–Kier alpha value is -3.87. The Bertz CT molecular complexity index is 1620. The van der Waals surface area contributed by atoms with Crippen molar-refractivity contribution in [2.45, 2.75) is 82.1 Å². The SMILES string of the molecule is COc1cc2c(cc1OC)C(C1CCCC1)N(CCCC(CCCNC(=O)CCc1ccc(F)cc1)(c1ccccc1)c1ccccc1)CC2.Cl. The number of benzene rings is 4. The molecule has 1 atom stereocenters. The summed E-state index contributed by atoms with van der Waals surface area (Å²) in [6.07, 6.45) is 11.1. The van der Waals surface area contributed by atoms with Crippen LogP contribution in [0.15, 0.2) is 97.1 Å². The zero-order chi connectivity index (χ0) is 34.8. The lowest BCUT2D eigenvalue weighted by molar-refractivity contribution is -0.121. The summed E-state index contributed by atoms with van der Waals surface area (Å²) in [6.45, 7) is 2.72. The lowest BCUT2D eigenvalue weighted by Gasteiger charge is -2.42. The highest BCUT2D eigenvalue weighted by Gasteiger charge is 2.38. The molecule has 4 aromatic carbocycles. The third-order valence-corrected chi connectivity index (χ3v) is 11.2. The molecule has 0 radical (unpaired) electrons. The van der Waals surface area contributed by atoms with Gasteiger partial charge >= 0.3 is 0 Å². The van der Waals surface area contributed by atoms with Crippen LogP contribution in [0.25, 0.3) is 0 Å². The van der Waals surface area contributed by atoms with E-state index in [0.717, 1.165) is 62.3 Å². The van der Waals surface area contributed by atoms with Crippen LogP contribution in [-0.4, -0.2) is 44.7 Å². The highest BCUT2D eigenvalue weighted by atomic mass is 35.5. The van der Waals surface area contributed by atoms with Crippen LogP contribution in [0.2, 0.25) is 0 Å². The van der Waals surface area contributed by atoms with Gasteiger partial charge in [0.15, 0.2) is 11.5 Å². The van der Waals surface area contributed by atoms with Gasteiger partial charge in [0.1, 0.15) is 5.82 Å². The summed E-state index contributed by atoms with van der Waals surface area (Å²) in [5, 5.41) is 3.17. The van der Waals surface area contributed by atoms with Crippen LogP contribution in [0.3, 0.4) is 0 Å². The molecule has 1 amide bonds. The summed E-state index contributed by atoms with van der Waals surface area (Å²) in [4.78, 5) is 15.6. The number of carbonyl (C=O) groups excluding carboxylic acids is 1. The molecule has 0 bridgehead atoms. The van der Waals surface area contributed by atoms with Gasteiger partial charge in [-0.25, -0.2) is 4.39 Å². The predicted octanol–water partition coefficient (Wildman–Crippen LogP) is 9.65. The molecule has 4 aromatic rings. The molecule has 0 spiro atoms. The second kappa shape index (κ2) is 18.6. The highest BCUT2D eigenvalue weighted by molar-refractivity contribution is 5.85. The molecule has 2 aliphatic rings. The maximum absolute atomic E-state index is 13.3. The smallest absolute Gasteiger partial charge is 0.220 e. The van der Waals surface area contributed by atoms with Crippen molar-refractivity contribution in [1.29, 1.82) is 0 Å². The topological polar surface area (TPSA) is 50.8 Å². The van der Waals surface area contributed by atoms with Crippen LogP contribution in [-0.2, 0) is 23.1 Å². The number of aryl methyl sites for hydroxylation is 1. The number of carbonyl (C=O) groups is 1. The maximum Gasteiger partial charge on any atom is 0.220 e. The molecule has 1 heterocycles. The minimum Gasteiger partial charge on any atom is -0.493 e. The Labute approximate surface area is 310 Å². The minimum atomic E-state index is -0.255. The number of rotatable bonds is 16. The molecule has 1 fully saturated rings. The van der Waals surface area contributed by atoms with Gasteiger partial charge < -0.3 is 14.8 Å². The normalized spacial score (nSPS) is 16.3. The molecule has 1 aliphatic carbocycles. The van der Waals surface area contributed by atoms with Gasteiger partial charge in [0.25, 0.3) is 0 Å². The van der Waals surface area contributed by atoms with E-state index in [1.807, 2.05) is 0 Å². The molecule has 1 unspecified atom stereocenters. The number of amides is 1. The predicted molar refractivity (Wildman–Crippen MR) is 207 cm³/mol. The largest absolute Gasteiger partial charge is 0.493 e. The Morgan fingerprint density at radius 3 is 2.08 bits per heavy atom. The average molecular weight is 713 g/mol. The standard InChI is InChI=1S/C44H53FN2O3.ClH/c1-49-40-31-35-25-30-47(43(34-13-9-10-14-34)39(35)32-41(40)50-2)29-12-27-44(36-15-5-3-6-16-36,37-17-7-4-8-18-37)26-11-28-46-42(48)24-21-33-19-22-38(45)23-20-33;/h3-8,15-20,22-23,31-32,34,43H,9-14,21,24-30H2,1-2H3,(H,46,48);1H. The first-order chi connectivity index (χ1) is 24.5. The van der Waals surface area contributed by atoms with E-state index in [4.69, 9.17) is 9.47 Å². The van der Waals surface area contributed by atoms with Gasteiger partial charge in [-0.3, -0.25) is 9.69 Å². The molecular weight excluding hydrogens is 659 g/mol. The Balaban J connectivity index is 0.00000504. The monoisotopic (exact) mass is 712 g/mol. The van der Waals surface area contributed by atoms with Crippen LogP contribution in [0.1, 0.15) is 91.6 Å². The van der Waals surface area contributed by atoms with E-state index in [1.165, 1.54) is 60.1 Å². The minimum absolute atomic E-state index is 0. The van der Waals surface area contributed by atoms with Crippen LogP contribution < -0.4 is 14.8 Å². The van der Waals surface area contributed by atoms with E-state index >= 15 is 0 Å². The quantitative estimate of drug-likeness (QED) is 0.118. The molecule has 0 saturated heterocycles. The molecule has 1 N–H and O–H groups in total. The lowest BCUT2D eigenvalue weighted by Crippen LogP contribution is -2.40.